The monoisotopic (exact) mass is 364 g/mol. The van der Waals surface area contributed by atoms with Crippen LogP contribution in [-0.2, 0) is 9.53 Å². The molecule has 0 saturated heterocycles. The van der Waals surface area contributed by atoms with Gasteiger partial charge in [-0.1, -0.05) is 23.4 Å². The molecule has 2 aromatic rings. The Bertz CT molecular complexity index is 722. The van der Waals surface area contributed by atoms with Crippen LogP contribution in [0.25, 0.3) is 0 Å². The lowest BCUT2D eigenvalue weighted by Crippen LogP contribution is -2.35. The molecule has 1 heterocycles. The number of likely N-dealkylation sites (N-methyl/N-ethyl adjacent to an activating group) is 1. The number of hydrogen-bond acceptors (Lipinski definition) is 5. The number of rotatable bonds is 6. The van der Waals surface area contributed by atoms with Crippen molar-refractivity contribution in [1.29, 1.82) is 0 Å². The van der Waals surface area contributed by atoms with Gasteiger partial charge in [0.25, 0.3) is 5.91 Å². The highest BCUT2D eigenvalue weighted by molar-refractivity contribution is 7.99. The van der Waals surface area contributed by atoms with Crippen LogP contribution in [0.15, 0.2) is 52.5 Å². The summed E-state index contributed by atoms with van der Waals surface area (Å²) in [7, 11) is 0. The zero-order valence-corrected chi connectivity index (χ0v) is 14.9. The molecule has 0 bridgehead atoms. The van der Waals surface area contributed by atoms with Crippen molar-refractivity contribution in [2.45, 2.75) is 29.9 Å². The van der Waals surface area contributed by atoms with Crippen LogP contribution in [-0.4, -0.2) is 29.5 Å². The first kappa shape index (κ1) is 18.3. The van der Waals surface area contributed by atoms with Crippen LogP contribution in [0.2, 0.25) is 5.02 Å². The Balaban J connectivity index is 2.14. The molecule has 1 N–H and O–H groups in total. The van der Waals surface area contributed by atoms with E-state index in [4.69, 9.17) is 16.3 Å². The fourth-order valence-electron chi connectivity index (χ4n) is 1.84. The number of carbonyl (C=O) groups excluding carboxylic acids is 2. The maximum Gasteiger partial charge on any atom is 0.341 e. The number of amides is 1. The average Bonchev–Trinajstić information content (AvgIpc) is 2.57. The Morgan fingerprint density at radius 1 is 1.29 bits per heavy atom. The molecule has 7 heteroatoms. The van der Waals surface area contributed by atoms with E-state index in [9.17, 15) is 9.59 Å². The fourth-order valence-corrected chi connectivity index (χ4v) is 2.83. The number of carbonyl (C=O) groups is 2. The molecule has 1 amide bonds. The van der Waals surface area contributed by atoms with Crippen LogP contribution in [0.4, 0.5) is 0 Å². The smallest absolute Gasteiger partial charge is 0.341 e. The molecule has 0 fully saturated rings. The third-order valence-electron chi connectivity index (χ3n) is 3.02. The molecule has 1 aromatic carbocycles. The van der Waals surface area contributed by atoms with Gasteiger partial charge >= 0.3 is 5.97 Å². The molecule has 5 nitrogen and oxygen atoms in total. The normalized spacial score (nSPS) is 11.6. The van der Waals surface area contributed by atoms with E-state index in [1.165, 1.54) is 18.7 Å². The van der Waals surface area contributed by atoms with Crippen LogP contribution in [0.1, 0.15) is 24.2 Å². The second kappa shape index (κ2) is 8.70. The summed E-state index contributed by atoms with van der Waals surface area (Å²) in [6.07, 6.45) is 0.730. The lowest BCUT2D eigenvalue weighted by molar-refractivity contribution is -0.128. The second-order valence-electron chi connectivity index (χ2n) is 4.85. The summed E-state index contributed by atoms with van der Waals surface area (Å²) < 4.78 is 5.22. The lowest BCUT2D eigenvalue weighted by Gasteiger charge is -2.14. The van der Waals surface area contributed by atoms with Crippen LogP contribution < -0.4 is 5.32 Å². The third kappa shape index (κ3) is 4.97. The molecular formula is C17H17ClN2O3S. The Kier molecular flexibility index (Phi) is 6.63. The van der Waals surface area contributed by atoms with E-state index in [0.29, 0.717) is 22.2 Å². The topological polar surface area (TPSA) is 68.3 Å². The Morgan fingerprint density at radius 3 is 2.67 bits per heavy atom. The van der Waals surface area contributed by atoms with Gasteiger partial charge in [-0.05, 0) is 50.2 Å². The predicted molar refractivity (Wildman–Crippen MR) is 93.4 cm³/mol. The summed E-state index contributed by atoms with van der Waals surface area (Å²) in [5.74, 6) is -0.917. The molecule has 0 radical (unpaired) electrons. The van der Waals surface area contributed by atoms with Gasteiger partial charge in [-0.25, -0.2) is 9.78 Å². The van der Waals surface area contributed by atoms with Gasteiger partial charge in [-0.3, -0.25) is 4.79 Å². The second-order valence-corrected chi connectivity index (χ2v) is 6.35. The molecule has 1 atom stereocenters. The van der Waals surface area contributed by atoms with Gasteiger partial charge in [-0.15, -0.1) is 0 Å². The number of benzene rings is 1. The number of hydrogen-bond donors (Lipinski definition) is 1. The van der Waals surface area contributed by atoms with E-state index in [0.717, 1.165) is 4.90 Å². The maximum absolute atomic E-state index is 12.4. The quantitative estimate of drug-likeness (QED) is 0.793. The van der Waals surface area contributed by atoms with Crippen molar-refractivity contribution < 1.29 is 14.3 Å². The number of ether oxygens (including phenoxy) is 1. The SMILES string of the molecule is CCNC(=O)[C@@H](C)OC(=O)c1cccnc1Sc1ccc(Cl)cc1. The van der Waals surface area contributed by atoms with Gasteiger partial charge in [0.1, 0.15) is 5.03 Å². The van der Waals surface area contributed by atoms with Crippen LogP contribution in [0.5, 0.6) is 0 Å². The molecule has 0 aliphatic heterocycles. The van der Waals surface area contributed by atoms with E-state index in [1.54, 1.807) is 37.4 Å². The third-order valence-corrected chi connectivity index (χ3v) is 4.30. The minimum atomic E-state index is -0.869. The summed E-state index contributed by atoms with van der Waals surface area (Å²) in [6, 6.07) is 10.5. The molecule has 0 aliphatic rings. The van der Waals surface area contributed by atoms with Crippen molar-refractivity contribution in [1.82, 2.24) is 10.3 Å². The largest absolute Gasteiger partial charge is 0.449 e. The molecule has 0 saturated carbocycles. The molecule has 24 heavy (non-hydrogen) atoms. The summed E-state index contributed by atoms with van der Waals surface area (Å²) in [4.78, 5) is 29.2. The molecule has 126 valence electrons. The first-order chi connectivity index (χ1) is 11.5. The van der Waals surface area contributed by atoms with E-state index >= 15 is 0 Å². The summed E-state index contributed by atoms with van der Waals surface area (Å²) in [5, 5.41) is 3.75. The average molecular weight is 365 g/mol. The highest BCUT2D eigenvalue weighted by Crippen LogP contribution is 2.29. The molecule has 2 rings (SSSR count). The first-order valence-electron chi connectivity index (χ1n) is 7.38. The standard InChI is InChI=1S/C17H17ClN2O3S/c1-3-19-15(21)11(2)23-17(22)14-5-4-10-20-16(14)24-13-8-6-12(18)7-9-13/h4-11H,3H2,1-2H3,(H,19,21)/t11-/m1/s1. The Morgan fingerprint density at radius 2 is 2.00 bits per heavy atom. The number of aromatic nitrogens is 1. The predicted octanol–water partition coefficient (Wildman–Crippen LogP) is 3.57. The van der Waals surface area contributed by atoms with E-state index in [-0.39, 0.29) is 5.91 Å². The van der Waals surface area contributed by atoms with Crippen LogP contribution in [0, 0.1) is 0 Å². The van der Waals surface area contributed by atoms with E-state index in [2.05, 4.69) is 10.3 Å². The molecule has 0 aliphatic carbocycles. The van der Waals surface area contributed by atoms with Crippen molar-refractivity contribution in [3.63, 3.8) is 0 Å². The van der Waals surface area contributed by atoms with Crippen LogP contribution >= 0.6 is 23.4 Å². The van der Waals surface area contributed by atoms with Crippen molar-refractivity contribution >= 4 is 35.2 Å². The summed E-state index contributed by atoms with van der Waals surface area (Å²) in [5.41, 5.74) is 0.314. The van der Waals surface area contributed by atoms with E-state index in [1.807, 2.05) is 12.1 Å². The van der Waals surface area contributed by atoms with Crippen molar-refractivity contribution in [2.75, 3.05) is 6.54 Å². The van der Waals surface area contributed by atoms with Crippen molar-refractivity contribution in [3.8, 4) is 0 Å². The van der Waals surface area contributed by atoms with Gasteiger partial charge < -0.3 is 10.1 Å². The van der Waals surface area contributed by atoms with Crippen molar-refractivity contribution in [2.24, 2.45) is 0 Å². The van der Waals surface area contributed by atoms with Gasteiger partial charge in [0.15, 0.2) is 6.10 Å². The van der Waals surface area contributed by atoms with E-state index < -0.39 is 12.1 Å². The number of nitrogens with one attached hydrogen (secondary N) is 1. The Hall–Kier alpha value is -2.05. The molecule has 0 unspecified atom stereocenters. The Labute approximate surface area is 149 Å². The van der Waals surface area contributed by atoms with Crippen molar-refractivity contribution in [3.05, 3.63) is 53.2 Å². The van der Waals surface area contributed by atoms with Gasteiger partial charge in [0.05, 0.1) is 5.56 Å². The highest BCUT2D eigenvalue weighted by atomic mass is 35.5. The van der Waals surface area contributed by atoms with Gasteiger partial charge in [-0.2, -0.15) is 0 Å². The van der Waals surface area contributed by atoms with Gasteiger partial charge in [0, 0.05) is 22.7 Å². The zero-order valence-electron chi connectivity index (χ0n) is 13.3. The first-order valence-corrected chi connectivity index (χ1v) is 8.57. The van der Waals surface area contributed by atoms with Crippen LogP contribution in [0.3, 0.4) is 0 Å². The summed E-state index contributed by atoms with van der Waals surface area (Å²) >= 11 is 7.20. The fraction of sp³-hybridized carbons (Fsp3) is 0.235. The number of esters is 1. The van der Waals surface area contributed by atoms with Gasteiger partial charge in [0.2, 0.25) is 0 Å². The highest BCUT2D eigenvalue weighted by Gasteiger charge is 2.21. The number of halogens is 1. The minimum absolute atomic E-state index is 0.314. The lowest BCUT2D eigenvalue weighted by atomic mass is 10.3. The molecule has 0 spiro atoms. The summed E-state index contributed by atoms with van der Waals surface area (Å²) in [6.45, 7) is 3.81. The number of nitrogens with zero attached hydrogens (tertiary/aromatic N) is 1. The molecular weight excluding hydrogens is 348 g/mol. The zero-order chi connectivity index (χ0) is 17.5. The number of pyridine rings is 1. The minimum Gasteiger partial charge on any atom is -0.449 e. The molecule has 1 aromatic heterocycles. The maximum atomic E-state index is 12.4.